The van der Waals surface area contributed by atoms with Crippen molar-refractivity contribution in [1.82, 2.24) is 14.0 Å². The highest BCUT2D eigenvalue weighted by molar-refractivity contribution is 5.76. The molecular weight excluding hydrogens is 248 g/mol. The van der Waals surface area contributed by atoms with Gasteiger partial charge in [-0.2, -0.15) is 0 Å². The van der Waals surface area contributed by atoms with Gasteiger partial charge in [0.2, 0.25) is 5.91 Å². The minimum atomic E-state index is -0.481. The summed E-state index contributed by atoms with van der Waals surface area (Å²) in [6.07, 6.45) is 3.38. The van der Waals surface area contributed by atoms with Crippen LogP contribution < -0.4 is 17.0 Å². The van der Waals surface area contributed by atoms with Crippen LogP contribution >= 0.6 is 0 Å². The van der Waals surface area contributed by atoms with E-state index in [-0.39, 0.29) is 31.1 Å². The average Bonchev–Trinajstić information content (AvgIpc) is 2.92. The third-order valence-electron chi connectivity index (χ3n) is 3.26. The number of nitrogens with two attached hydrogens (primary N) is 1. The summed E-state index contributed by atoms with van der Waals surface area (Å²) >= 11 is 0. The highest BCUT2D eigenvalue weighted by Crippen LogP contribution is 2.07. The summed E-state index contributed by atoms with van der Waals surface area (Å²) < 4.78 is 2.31. The number of carbonyl (C=O) groups excluding carboxylic acids is 1. The van der Waals surface area contributed by atoms with Gasteiger partial charge in [-0.25, -0.2) is 4.79 Å². The molecule has 2 rings (SSSR count). The predicted octanol–water partition coefficient (Wildman–Crippen LogP) is -1.41. The number of rotatable bonds is 4. The fraction of sp³-hybridized carbons (Fsp3) is 0.583. The van der Waals surface area contributed by atoms with Crippen LogP contribution in [0.1, 0.15) is 12.8 Å². The molecule has 0 unspecified atom stereocenters. The van der Waals surface area contributed by atoms with Crippen LogP contribution in [0.2, 0.25) is 0 Å². The van der Waals surface area contributed by atoms with Crippen LogP contribution in [0.3, 0.4) is 0 Å². The van der Waals surface area contributed by atoms with Crippen molar-refractivity contribution in [1.29, 1.82) is 0 Å². The lowest BCUT2D eigenvalue weighted by Gasteiger charge is -2.16. The van der Waals surface area contributed by atoms with Gasteiger partial charge >= 0.3 is 5.69 Å². The highest BCUT2D eigenvalue weighted by atomic mass is 16.2. The Bertz CT molecular complexity index is 569. The molecule has 0 spiro atoms. The second-order valence-electron chi connectivity index (χ2n) is 4.59. The Kier molecular flexibility index (Phi) is 4.16. The normalized spacial score (nSPS) is 14.9. The summed E-state index contributed by atoms with van der Waals surface area (Å²) in [6, 6.07) is 1.29. The molecule has 0 aliphatic carbocycles. The first-order valence-corrected chi connectivity index (χ1v) is 6.41. The summed E-state index contributed by atoms with van der Waals surface area (Å²) in [4.78, 5) is 37.3. The van der Waals surface area contributed by atoms with E-state index >= 15 is 0 Å². The van der Waals surface area contributed by atoms with Crippen molar-refractivity contribution in [3.05, 3.63) is 33.1 Å². The van der Waals surface area contributed by atoms with Gasteiger partial charge in [0, 0.05) is 38.4 Å². The van der Waals surface area contributed by atoms with E-state index in [0.717, 1.165) is 30.5 Å². The van der Waals surface area contributed by atoms with Crippen LogP contribution in [0.15, 0.2) is 21.9 Å². The Morgan fingerprint density at radius 1 is 1.26 bits per heavy atom. The first-order chi connectivity index (χ1) is 9.13. The van der Waals surface area contributed by atoms with Gasteiger partial charge in [-0.15, -0.1) is 0 Å². The maximum atomic E-state index is 12.0. The van der Waals surface area contributed by atoms with E-state index in [9.17, 15) is 14.4 Å². The van der Waals surface area contributed by atoms with Gasteiger partial charge in [-0.1, -0.05) is 0 Å². The molecule has 0 aromatic carbocycles. The SMILES string of the molecule is NCCn1c(=O)ccn(CC(=O)N2CCCC2)c1=O. The molecule has 1 aromatic heterocycles. The molecule has 1 fully saturated rings. The number of carbonyl (C=O) groups is 1. The molecule has 0 bridgehead atoms. The Labute approximate surface area is 110 Å². The summed E-state index contributed by atoms with van der Waals surface area (Å²) in [5.41, 5.74) is 4.50. The second kappa shape index (κ2) is 5.83. The van der Waals surface area contributed by atoms with Crippen molar-refractivity contribution in [2.75, 3.05) is 19.6 Å². The van der Waals surface area contributed by atoms with Crippen LogP contribution in [0.25, 0.3) is 0 Å². The summed E-state index contributed by atoms with van der Waals surface area (Å²) in [5, 5.41) is 0. The molecule has 1 amide bonds. The van der Waals surface area contributed by atoms with E-state index in [1.54, 1.807) is 4.90 Å². The molecule has 7 nitrogen and oxygen atoms in total. The lowest BCUT2D eigenvalue weighted by atomic mass is 10.4. The van der Waals surface area contributed by atoms with Crippen molar-refractivity contribution in [2.45, 2.75) is 25.9 Å². The number of amides is 1. The van der Waals surface area contributed by atoms with E-state index < -0.39 is 5.69 Å². The first kappa shape index (κ1) is 13.5. The lowest BCUT2D eigenvalue weighted by molar-refractivity contribution is -0.130. The van der Waals surface area contributed by atoms with Crippen molar-refractivity contribution < 1.29 is 4.79 Å². The van der Waals surface area contributed by atoms with Crippen LogP contribution in [0.5, 0.6) is 0 Å². The summed E-state index contributed by atoms with van der Waals surface area (Å²) in [5.74, 6) is -0.0856. The fourth-order valence-corrected chi connectivity index (χ4v) is 2.22. The molecular formula is C12H18N4O3. The monoisotopic (exact) mass is 266 g/mol. The van der Waals surface area contributed by atoms with E-state index in [4.69, 9.17) is 5.73 Å². The quantitative estimate of drug-likeness (QED) is 0.725. The summed E-state index contributed by atoms with van der Waals surface area (Å²) in [6.45, 7) is 1.84. The standard InChI is InChI=1S/C12H18N4O3/c13-4-8-16-10(17)3-7-15(12(16)19)9-11(18)14-5-1-2-6-14/h3,7H,1-2,4-6,8-9,13H2. The number of hydrogen-bond acceptors (Lipinski definition) is 4. The maximum Gasteiger partial charge on any atom is 0.331 e. The largest absolute Gasteiger partial charge is 0.341 e. The second-order valence-corrected chi connectivity index (χ2v) is 4.59. The molecule has 104 valence electrons. The molecule has 0 saturated carbocycles. The average molecular weight is 266 g/mol. The molecule has 0 radical (unpaired) electrons. The minimum absolute atomic E-state index is 0.0241. The smallest absolute Gasteiger partial charge is 0.331 e. The van der Waals surface area contributed by atoms with E-state index in [1.807, 2.05) is 0 Å². The molecule has 1 aliphatic heterocycles. The molecule has 1 aromatic rings. The Morgan fingerprint density at radius 3 is 2.58 bits per heavy atom. The van der Waals surface area contributed by atoms with E-state index in [2.05, 4.69) is 0 Å². The maximum absolute atomic E-state index is 12.0. The first-order valence-electron chi connectivity index (χ1n) is 6.41. The third kappa shape index (κ3) is 2.93. The Hall–Kier alpha value is -1.89. The van der Waals surface area contributed by atoms with Gasteiger partial charge in [0.05, 0.1) is 0 Å². The minimum Gasteiger partial charge on any atom is -0.341 e. The van der Waals surface area contributed by atoms with Crippen LogP contribution in [0, 0.1) is 0 Å². The lowest BCUT2D eigenvalue weighted by Crippen LogP contribution is -2.43. The van der Waals surface area contributed by atoms with Gasteiger partial charge in [-0.05, 0) is 12.8 Å². The fourth-order valence-electron chi connectivity index (χ4n) is 2.22. The van der Waals surface area contributed by atoms with Crippen LogP contribution in [0.4, 0.5) is 0 Å². The highest BCUT2D eigenvalue weighted by Gasteiger charge is 2.18. The zero-order valence-electron chi connectivity index (χ0n) is 10.7. The molecule has 19 heavy (non-hydrogen) atoms. The van der Waals surface area contributed by atoms with Gasteiger partial charge in [0.1, 0.15) is 6.54 Å². The third-order valence-corrected chi connectivity index (χ3v) is 3.26. The van der Waals surface area contributed by atoms with E-state index in [0.29, 0.717) is 0 Å². The van der Waals surface area contributed by atoms with Crippen molar-refractivity contribution >= 4 is 5.91 Å². The Morgan fingerprint density at radius 2 is 1.95 bits per heavy atom. The molecule has 2 heterocycles. The summed E-state index contributed by atoms with van der Waals surface area (Å²) in [7, 11) is 0. The van der Waals surface area contributed by atoms with Gasteiger partial charge < -0.3 is 10.6 Å². The number of nitrogens with zero attached hydrogens (tertiary/aromatic N) is 3. The van der Waals surface area contributed by atoms with Crippen LogP contribution in [-0.4, -0.2) is 39.6 Å². The van der Waals surface area contributed by atoms with Crippen molar-refractivity contribution in [3.63, 3.8) is 0 Å². The predicted molar refractivity (Wildman–Crippen MR) is 69.8 cm³/mol. The van der Waals surface area contributed by atoms with Crippen molar-refractivity contribution in [3.8, 4) is 0 Å². The van der Waals surface area contributed by atoms with Crippen molar-refractivity contribution in [2.24, 2.45) is 5.73 Å². The molecule has 1 saturated heterocycles. The van der Waals surface area contributed by atoms with Gasteiger partial charge in [0.25, 0.3) is 5.56 Å². The zero-order valence-corrected chi connectivity index (χ0v) is 10.7. The zero-order chi connectivity index (χ0) is 13.8. The van der Waals surface area contributed by atoms with Crippen LogP contribution in [-0.2, 0) is 17.9 Å². The topological polar surface area (TPSA) is 90.3 Å². The van der Waals surface area contributed by atoms with Gasteiger partial charge in [-0.3, -0.25) is 18.7 Å². The number of aromatic nitrogens is 2. The Balaban J connectivity index is 2.21. The molecule has 7 heteroatoms. The number of likely N-dealkylation sites (tertiary alicyclic amines) is 1. The van der Waals surface area contributed by atoms with Gasteiger partial charge in [0.15, 0.2) is 0 Å². The molecule has 1 aliphatic rings. The number of hydrogen-bond donors (Lipinski definition) is 1. The molecule has 2 N–H and O–H groups in total. The van der Waals surface area contributed by atoms with E-state index in [1.165, 1.54) is 16.8 Å². The molecule has 0 atom stereocenters.